The van der Waals surface area contributed by atoms with Gasteiger partial charge in [-0.2, -0.15) is 0 Å². The zero-order chi connectivity index (χ0) is 19.7. The Morgan fingerprint density at radius 3 is 2.79 bits per heavy atom. The minimum Gasteiger partial charge on any atom is -0.481 e. The maximum absolute atomic E-state index is 12.8. The van der Waals surface area contributed by atoms with Crippen LogP contribution in [0.15, 0.2) is 29.1 Å². The number of nitrogens with one attached hydrogen (secondary N) is 1. The molecule has 2 heterocycles. The lowest BCUT2D eigenvalue weighted by Crippen LogP contribution is -2.12. The Morgan fingerprint density at radius 2 is 2.04 bits per heavy atom. The van der Waals surface area contributed by atoms with Crippen LogP contribution in [-0.4, -0.2) is 26.8 Å². The van der Waals surface area contributed by atoms with Crippen LogP contribution in [0, 0.1) is 0 Å². The molecule has 0 spiro atoms. The zero-order valence-corrected chi connectivity index (χ0v) is 17.2. The molecule has 8 heteroatoms. The summed E-state index contributed by atoms with van der Waals surface area (Å²) < 4.78 is 0. The lowest BCUT2D eigenvalue weighted by molar-refractivity contribution is -0.133. The summed E-state index contributed by atoms with van der Waals surface area (Å²) in [6.45, 7) is 0. The van der Waals surface area contributed by atoms with Crippen LogP contribution in [0.2, 0.25) is 5.02 Å². The Hall–Kier alpha value is -2.09. The second-order valence-corrected chi connectivity index (χ2v) is 9.09. The summed E-state index contributed by atoms with van der Waals surface area (Å²) in [5.41, 5.74) is 1.83. The van der Waals surface area contributed by atoms with Gasteiger partial charge in [0.25, 0.3) is 5.56 Å². The number of nitrogens with zero attached hydrogens (tertiary/aromatic N) is 1. The number of benzene rings is 1. The predicted molar refractivity (Wildman–Crippen MR) is 116 cm³/mol. The van der Waals surface area contributed by atoms with Gasteiger partial charge in [-0.25, -0.2) is 4.98 Å². The normalized spacial score (nSPS) is 14.2. The standard InChI is InChI=1S/C20H17ClN2O3S2/c21-12-7-5-11(6-8-12)9-15(27-10-16(24)25)18-22-19(26)17-13-3-1-2-4-14(13)28-20(17)23-18/h5-9H,1-4,10H2,(H,24,25)(H,22,23,26). The molecule has 3 aromatic rings. The monoisotopic (exact) mass is 432 g/mol. The number of aryl methyl sites for hydroxylation is 2. The largest absolute Gasteiger partial charge is 0.481 e. The van der Waals surface area contributed by atoms with Gasteiger partial charge >= 0.3 is 5.97 Å². The van der Waals surface area contributed by atoms with Crippen LogP contribution in [0.25, 0.3) is 21.2 Å². The van der Waals surface area contributed by atoms with E-state index in [1.165, 1.54) is 4.88 Å². The minimum absolute atomic E-state index is 0.123. The van der Waals surface area contributed by atoms with E-state index in [0.717, 1.165) is 53.4 Å². The molecule has 2 aromatic heterocycles. The van der Waals surface area contributed by atoms with E-state index in [9.17, 15) is 9.59 Å². The average molecular weight is 433 g/mol. The van der Waals surface area contributed by atoms with Gasteiger partial charge in [0, 0.05) is 9.90 Å². The Bertz CT molecular complexity index is 1130. The number of carboxylic acids is 1. The van der Waals surface area contributed by atoms with E-state index in [1.807, 2.05) is 18.2 Å². The smallest absolute Gasteiger partial charge is 0.313 e. The van der Waals surface area contributed by atoms with Crippen LogP contribution in [0.3, 0.4) is 0 Å². The summed E-state index contributed by atoms with van der Waals surface area (Å²) in [5, 5.41) is 10.4. The topological polar surface area (TPSA) is 83.0 Å². The molecular formula is C20H17ClN2O3S2. The first-order chi connectivity index (χ1) is 13.5. The molecule has 1 aliphatic rings. The third kappa shape index (κ3) is 4.01. The van der Waals surface area contributed by atoms with Crippen molar-refractivity contribution in [3.05, 3.63) is 61.5 Å². The molecule has 0 aliphatic heterocycles. The molecule has 5 nitrogen and oxygen atoms in total. The molecule has 144 valence electrons. The number of hydrogen-bond donors (Lipinski definition) is 2. The number of halogens is 1. The highest BCUT2D eigenvalue weighted by molar-refractivity contribution is 8.09. The van der Waals surface area contributed by atoms with Gasteiger partial charge in [0.15, 0.2) is 0 Å². The molecule has 4 rings (SSSR count). The molecule has 0 atom stereocenters. The molecule has 0 radical (unpaired) electrons. The van der Waals surface area contributed by atoms with Crippen LogP contribution in [0.4, 0.5) is 0 Å². The lowest BCUT2D eigenvalue weighted by Gasteiger charge is -2.10. The number of hydrogen-bond acceptors (Lipinski definition) is 5. The van der Waals surface area contributed by atoms with Crippen molar-refractivity contribution < 1.29 is 9.90 Å². The zero-order valence-electron chi connectivity index (χ0n) is 14.8. The number of carboxylic acid groups (broad SMARTS) is 1. The number of aromatic amines is 1. The van der Waals surface area contributed by atoms with Crippen molar-refractivity contribution in [3.8, 4) is 0 Å². The predicted octanol–water partition coefficient (Wildman–Crippen LogP) is 4.83. The van der Waals surface area contributed by atoms with E-state index in [1.54, 1.807) is 23.5 Å². The lowest BCUT2D eigenvalue weighted by atomic mass is 9.97. The second kappa shape index (κ2) is 8.11. The molecule has 28 heavy (non-hydrogen) atoms. The van der Waals surface area contributed by atoms with Gasteiger partial charge in [-0.15, -0.1) is 23.1 Å². The van der Waals surface area contributed by atoms with Gasteiger partial charge in [-0.3, -0.25) is 9.59 Å². The van der Waals surface area contributed by atoms with Crippen LogP contribution in [0.5, 0.6) is 0 Å². The van der Waals surface area contributed by atoms with Crippen molar-refractivity contribution in [1.29, 1.82) is 0 Å². The molecule has 0 amide bonds. The summed E-state index contributed by atoms with van der Waals surface area (Å²) in [5.74, 6) is -0.651. The highest BCUT2D eigenvalue weighted by Gasteiger charge is 2.20. The fourth-order valence-electron chi connectivity index (χ4n) is 3.31. The third-order valence-corrected chi connectivity index (χ3v) is 7.03. The first-order valence-electron chi connectivity index (χ1n) is 8.88. The number of aliphatic carboxylic acids is 1. The Balaban J connectivity index is 1.81. The van der Waals surface area contributed by atoms with Crippen LogP contribution in [-0.2, 0) is 17.6 Å². The summed E-state index contributed by atoms with van der Waals surface area (Å²) in [6.07, 6.45) is 5.96. The fraction of sp³-hybridized carbons (Fsp3) is 0.250. The van der Waals surface area contributed by atoms with Gasteiger partial charge < -0.3 is 10.1 Å². The van der Waals surface area contributed by atoms with Crippen LogP contribution >= 0.6 is 34.7 Å². The summed E-state index contributed by atoms with van der Waals surface area (Å²) in [4.78, 5) is 34.0. The van der Waals surface area contributed by atoms with Crippen molar-refractivity contribution >= 4 is 61.9 Å². The maximum Gasteiger partial charge on any atom is 0.313 e. The number of thiophene rings is 1. The molecular weight excluding hydrogens is 416 g/mol. The first-order valence-corrected chi connectivity index (χ1v) is 11.1. The van der Waals surface area contributed by atoms with E-state index >= 15 is 0 Å². The number of fused-ring (bicyclic) bond motifs is 3. The minimum atomic E-state index is -0.929. The number of rotatable bonds is 5. The number of carbonyl (C=O) groups is 1. The molecule has 1 aromatic carbocycles. The van der Waals surface area contributed by atoms with Crippen LogP contribution in [0.1, 0.15) is 34.7 Å². The fourth-order valence-corrected chi connectivity index (χ4v) is 5.43. The number of thioether (sulfide) groups is 1. The Kier molecular flexibility index (Phi) is 5.57. The first kappa shape index (κ1) is 19.2. The Labute approximate surface area is 174 Å². The van der Waals surface area contributed by atoms with E-state index < -0.39 is 5.97 Å². The van der Waals surface area contributed by atoms with Crippen molar-refractivity contribution in [2.75, 3.05) is 5.75 Å². The quantitative estimate of drug-likeness (QED) is 0.603. The maximum atomic E-state index is 12.8. The van der Waals surface area contributed by atoms with Gasteiger partial charge in [0.1, 0.15) is 10.7 Å². The van der Waals surface area contributed by atoms with Gasteiger partial charge in [-0.1, -0.05) is 23.7 Å². The molecule has 2 N–H and O–H groups in total. The van der Waals surface area contributed by atoms with Crippen molar-refractivity contribution in [3.63, 3.8) is 0 Å². The van der Waals surface area contributed by atoms with Gasteiger partial charge in [0.05, 0.1) is 16.0 Å². The molecule has 0 bridgehead atoms. The summed E-state index contributed by atoms with van der Waals surface area (Å²) >= 11 is 8.65. The SMILES string of the molecule is O=C(O)CSC(=Cc1ccc(Cl)cc1)c1nc2sc3c(c2c(=O)[nH]1)CCCC3. The second-order valence-electron chi connectivity index (χ2n) is 6.55. The van der Waals surface area contributed by atoms with Crippen molar-refractivity contribution in [2.24, 2.45) is 0 Å². The third-order valence-electron chi connectivity index (χ3n) is 4.58. The van der Waals surface area contributed by atoms with Crippen molar-refractivity contribution in [1.82, 2.24) is 9.97 Å². The average Bonchev–Trinajstić information content (AvgIpc) is 3.05. The van der Waals surface area contributed by atoms with Crippen LogP contribution < -0.4 is 5.56 Å². The molecule has 0 saturated carbocycles. The Morgan fingerprint density at radius 1 is 1.29 bits per heavy atom. The van der Waals surface area contributed by atoms with E-state index in [0.29, 0.717) is 21.1 Å². The highest BCUT2D eigenvalue weighted by atomic mass is 35.5. The van der Waals surface area contributed by atoms with E-state index in [2.05, 4.69) is 9.97 Å². The van der Waals surface area contributed by atoms with Gasteiger partial charge in [-0.05, 0) is 55.0 Å². The highest BCUT2D eigenvalue weighted by Crippen LogP contribution is 2.35. The molecule has 0 unspecified atom stereocenters. The molecule has 1 aliphatic carbocycles. The molecule has 0 fully saturated rings. The number of aromatic nitrogens is 2. The molecule has 0 saturated heterocycles. The van der Waals surface area contributed by atoms with E-state index in [-0.39, 0.29) is 11.3 Å². The van der Waals surface area contributed by atoms with Crippen molar-refractivity contribution in [2.45, 2.75) is 25.7 Å². The summed E-state index contributed by atoms with van der Waals surface area (Å²) in [6, 6.07) is 7.20. The van der Waals surface area contributed by atoms with E-state index in [4.69, 9.17) is 16.7 Å². The number of H-pyrrole nitrogens is 1. The summed E-state index contributed by atoms with van der Waals surface area (Å²) in [7, 11) is 0. The van der Waals surface area contributed by atoms with Gasteiger partial charge in [0.2, 0.25) is 0 Å².